The number of hydrogen-bond donors (Lipinski definition) is 0. The average molecular weight is 284 g/mol. The Hall–Kier alpha value is -1.50. The fourth-order valence-electron chi connectivity index (χ4n) is 2.80. The van der Waals surface area contributed by atoms with E-state index >= 15 is 0 Å². The van der Waals surface area contributed by atoms with E-state index in [1.807, 2.05) is 0 Å². The van der Waals surface area contributed by atoms with Gasteiger partial charge in [0.25, 0.3) is 0 Å². The van der Waals surface area contributed by atoms with Crippen molar-refractivity contribution in [2.75, 3.05) is 7.11 Å². The van der Waals surface area contributed by atoms with Gasteiger partial charge in [-0.05, 0) is 40.5 Å². The van der Waals surface area contributed by atoms with Crippen LogP contribution in [0.15, 0.2) is 30.4 Å². The van der Waals surface area contributed by atoms with E-state index in [-0.39, 0.29) is 10.8 Å². The average Bonchev–Trinajstić information content (AvgIpc) is 2.88. The Morgan fingerprint density at radius 3 is 1.76 bits per heavy atom. The summed E-state index contributed by atoms with van der Waals surface area (Å²) in [4.78, 5) is 0. The topological polar surface area (TPSA) is 9.23 Å². The molecule has 0 saturated heterocycles. The lowest BCUT2D eigenvalue weighted by molar-refractivity contribution is 0.381. The summed E-state index contributed by atoms with van der Waals surface area (Å²) in [5.74, 6) is 1.04. The van der Waals surface area contributed by atoms with Gasteiger partial charge < -0.3 is 4.74 Å². The lowest BCUT2D eigenvalue weighted by Crippen LogP contribution is -2.19. The molecule has 1 aromatic rings. The van der Waals surface area contributed by atoms with Gasteiger partial charge in [0.1, 0.15) is 5.75 Å². The van der Waals surface area contributed by atoms with Crippen LogP contribution >= 0.6 is 0 Å². The number of methoxy groups -OCH3 is 1. The number of allylic oxidation sites excluding steroid dienone is 4. The molecule has 2 rings (SSSR count). The quantitative estimate of drug-likeness (QED) is 0.683. The first-order chi connectivity index (χ1) is 9.64. The monoisotopic (exact) mass is 284 g/mol. The summed E-state index contributed by atoms with van der Waals surface area (Å²) in [6.07, 6.45) is 7.77. The first-order valence-corrected chi connectivity index (χ1v) is 7.74. The van der Waals surface area contributed by atoms with Crippen LogP contribution in [0.5, 0.6) is 5.75 Å². The standard InChI is InChI=1S/C20H28O/c1-19(2,3)16-12-15(14-10-8-9-11-14)13-17(18(16)21-7)20(4,5)6/h8,10-13H,9H2,1-7H3. The van der Waals surface area contributed by atoms with E-state index in [0.29, 0.717) is 0 Å². The maximum Gasteiger partial charge on any atom is 0.126 e. The molecule has 0 heterocycles. The van der Waals surface area contributed by atoms with E-state index in [1.165, 1.54) is 22.3 Å². The number of rotatable bonds is 2. The molecule has 0 saturated carbocycles. The van der Waals surface area contributed by atoms with Gasteiger partial charge >= 0.3 is 0 Å². The molecular weight excluding hydrogens is 256 g/mol. The molecule has 0 aliphatic heterocycles. The molecule has 0 amide bonds. The minimum Gasteiger partial charge on any atom is -0.496 e. The van der Waals surface area contributed by atoms with Crippen molar-refractivity contribution in [3.8, 4) is 5.75 Å². The van der Waals surface area contributed by atoms with Gasteiger partial charge in [0.15, 0.2) is 0 Å². The molecule has 0 fully saturated rings. The van der Waals surface area contributed by atoms with Crippen LogP contribution in [0.3, 0.4) is 0 Å². The van der Waals surface area contributed by atoms with Crippen LogP contribution in [0.25, 0.3) is 5.57 Å². The van der Waals surface area contributed by atoms with Gasteiger partial charge in [-0.1, -0.05) is 59.8 Å². The summed E-state index contributed by atoms with van der Waals surface area (Å²) in [6, 6.07) is 4.60. The zero-order valence-corrected chi connectivity index (χ0v) is 14.5. The Morgan fingerprint density at radius 2 is 1.43 bits per heavy atom. The minimum atomic E-state index is 0.0598. The van der Waals surface area contributed by atoms with Crippen LogP contribution in [-0.4, -0.2) is 7.11 Å². The number of hydrogen-bond acceptors (Lipinski definition) is 1. The van der Waals surface area contributed by atoms with Crippen molar-refractivity contribution in [3.05, 3.63) is 47.1 Å². The molecule has 1 aliphatic rings. The van der Waals surface area contributed by atoms with Gasteiger partial charge in [0, 0.05) is 11.1 Å². The second-order valence-corrected chi connectivity index (χ2v) is 7.90. The molecular formula is C20H28O. The molecule has 0 aromatic heterocycles. The number of ether oxygens (including phenoxy) is 1. The number of benzene rings is 1. The van der Waals surface area contributed by atoms with E-state index in [4.69, 9.17) is 4.74 Å². The Bertz CT molecular complexity index is 554. The highest BCUT2D eigenvalue weighted by Gasteiger charge is 2.27. The molecule has 1 heteroatoms. The van der Waals surface area contributed by atoms with Crippen molar-refractivity contribution in [2.24, 2.45) is 0 Å². The van der Waals surface area contributed by atoms with Crippen LogP contribution in [0.4, 0.5) is 0 Å². The van der Waals surface area contributed by atoms with Crippen molar-refractivity contribution in [2.45, 2.75) is 58.8 Å². The summed E-state index contributed by atoms with van der Waals surface area (Å²) < 4.78 is 5.81. The summed E-state index contributed by atoms with van der Waals surface area (Å²) >= 11 is 0. The molecule has 21 heavy (non-hydrogen) atoms. The molecule has 114 valence electrons. The Balaban J connectivity index is 2.74. The van der Waals surface area contributed by atoms with Crippen molar-refractivity contribution >= 4 is 5.57 Å². The van der Waals surface area contributed by atoms with E-state index in [2.05, 4.69) is 71.9 Å². The van der Waals surface area contributed by atoms with Crippen molar-refractivity contribution in [1.29, 1.82) is 0 Å². The largest absolute Gasteiger partial charge is 0.496 e. The lowest BCUT2D eigenvalue weighted by atomic mass is 9.77. The Kier molecular flexibility index (Phi) is 4.06. The fraction of sp³-hybridized carbons (Fsp3) is 0.500. The highest BCUT2D eigenvalue weighted by molar-refractivity contribution is 5.78. The van der Waals surface area contributed by atoms with Gasteiger partial charge in [-0.25, -0.2) is 0 Å². The van der Waals surface area contributed by atoms with Crippen LogP contribution < -0.4 is 4.74 Å². The van der Waals surface area contributed by atoms with Crippen molar-refractivity contribution in [1.82, 2.24) is 0 Å². The highest BCUT2D eigenvalue weighted by atomic mass is 16.5. The molecule has 1 nitrogen and oxygen atoms in total. The van der Waals surface area contributed by atoms with Crippen molar-refractivity contribution < 1.29 is 4.74 Å². The van der Waals surface area contributed by atoms with E-state index < -0.39 is 0 Å². The van der Waals surface area contributed by atoms with Crippen LogP contribution in [0.2, 0.25) is 0 Å². The van der Waals surface area contributed by atoms with E-state index in [1.54, 1.807) is 7.11 Å². The van der Waals surface area contributed by atoms with Gasteiger partial charge in [-0.2, -0.15) is 0 Å². The molecule has 0 N–H and O–H groups in total. The van der Waals surface area contributed by atoms with E-state index in [0.717, 1.165) is 12.2 Å². The molecule has 0 bridgehead atoms. The molecule has 0 unspecified atom stereocenters. The second kappa shape index (κ2) is 5.36. The second-order valence-electron chi connectivity index (χ2n) is 7.90. The van der Waals surface area contributed by atoms with Crippen LogP contribution in [0.1, 0.15) is 64.7 Å². The van der Waals surface area contributed by atoms with Crippen LogP contribution in [-0.2, 0) is 10.8 Å². The summed E-state index contributed by atoms with van der Waals surface area (Å²) in [7, 11) is 1.79. The van der Waals surface area contributed by atoms with Gasteiger partial charge in [-0.15, -0.1) is 0 Å². The molecule has 1 aliphatic carbocycles. The maximum atomic E-state index is 5.81. The van der Waals surface area contributed by atoms with E-state index in [9.17, 15) is 0 Å². The normalized spacial score (nSPS) is 15.3. The predicted octanol–water partition coefficient (Wildman–Crippen LogP) is 5.63. The summed E-state index contributed by atoms with van der Waals surface area (Å²) in [5, 5.41) is 0. The Morgan fingerprint density at radius 1 is 0.905 bits per heavy atom. The van der Waals surface area contributed by atoms with Crippen LogP contribution in [0, 0.1) is 0 Å². The zero-order chi connectivity index (χ0) is 15.8. The third-order valence-electron chi connectivity index (χ3n) is 4.01. The SMILES string of the molecule is COc1c(C(C)(C)C)cc(C2=CCC=C2)cc1C(C)(C)C. The highest BCUT2D eigenvalue weighted by Crippen LogP contribution is 2.42. The summed E-state index contributed by atoms with van der Waals surface area (Å²) in [5.41, 5.74) is 5.32. The molecule has 1 aromatic carbocycles. The van der Waals surface area contributed by atoms with Gasteiger partial charge in [0.05, 0.1) is 7.11 Å². The third kappa shape index (κ3) is 3.23. The first-order valence-electron chi connectivity index (χ1n) is 7.74. The summed E-state index contributed by atoms with van der Waals surface area (Å²) in [6.45, 7) is 13.5. The zero-order valence-electron chi connectivity index (χ0n) is 14.5. The Labute approximate surface area is 129 Å². The predicted molar refractivity (Wildman–Crippen MR) is 92.1 cm³/mol. The van der Waals surface area contributed by atoms with Gasteiger partial charge in [0.2, 0.25) is 0 Å². The molecule has 0 atom stereocenters. The van der Waals surface area contributed by atoms with Crippen molar-refractivity contribution in [3.63, 3.8) is 0 Å². The smallest absolute Gasteiger partial charge is 0.126 e. The fourth-order valence-corrected chi connectivity index (χ4v) is 2.80. The third-order valence-corrected chi connectivity index (χ3v) is 4.01. The minimum absolute atomic E-state index is 0.0598. The molecule has 0 radical (unpaired) electrons. The van der Waals surface area contributed by atoms with Gasteiger partial charge in [-0.3, -0.25) is 0 Å². The maximum absolute atomic E-state index is 5.81. The first kappa shape index (κ1) is 15.9. The molecule has 0 spiro atoms. The lowest BCUT2D eigenvalue weighted by Gasteiger charge is -2.30.